The highest BCUT2D eigenvalue weighted by atomic mass is 15.2. The molecule has 3 aromatic rings. The van der Waals surface area contributed by atoms with Gasteiger partial charge in [0.25, 0.3) is 0 Å². The number of hydrogen-bond acceptors (Lipinski definition) is 5. The van der Waals surface area contributed by atoms with Gasteiger partial charge in [-0.25, -0.2) is 4.98 Å². The quantitative estimate of drug-likeness (QED) is 0.761. The van der Waals surface area contributed by atoms with E-state index in [0.717, 1.165) is 12.1 Å². The molecule has 2 heterocycles. The first-order valence-electron chi connectivity index (χ1n) is 7.53. The molecule has 0 amide bonds. The Morgan fingerprint density at radius 3 is 2.09 bits per heavy atom. The molecular formula is C18H17N5. The average Bonchev–Trinajstić information content (AvgIpc) is 2.54. The van der Waals surface area contributed by atoms with Crippen molar-refractivity contribution in [1.82, 2.24) is 9.97 Å². The van der Waals surface area contributed by atoms with Crippen LogP contribution < -0.4 is 16.4 Å². The number of anilines is 4. The lowest BCUT2D eigenvalue weighted by Crippen LogP contribution is -2.23. The molecule has 4 N–H and O–H groups in total. The van der Waals surface area contributed by atoms with Crippen LogP contribution in [0.15, 0.2) is 54.6 Å². The van der Waals surface area contributed by atoms with Crippen molar-refractivity contribution < 1.29 is 0 Å². The number of para-hydroxylation sites is 2. The molecule has 0 atom stereocenters. The lowest BCUT2D eigenvalue weighted by molar-refractivity contribution is 0.888. The normalized spacial score (nSPS) is 12.6. The maximum absolute atomic E-state index is 5.80. The van der Waals surface area contributed by atoms with Crippen molar-refractivity contribution in [2.45, 2.75) is 13.0 Å². The minimum absolute atomic E-state index is 0.207. The Kier molecular flexibility index (Phi) is 3.12. The highest BCUT2D eigenvalue weighted by Gasteiger charge is 2.22. The van der Waals surface area contributed by atoms with Gasteiger partial charge in [0.1, 0.15) is 5.82 Å². The fourth-order valence-corrected chi connectivity index (χ4v) is 3.14. The predicted octanol–water partition coefficient (Wildman–Crippen LogP) is 2.88. The van der Waals surface area contributed by atoms with E-state index in [1.54, 1.807) is 6.07 Å². The van der Waals surface area contributed by atoms with Gasteiger partial charge in [-0.2, -0.15) is 4.98 Å². The Balaban J connectivity index is 1.81. The summed E-state index contributed by atoms with van der Waals surface area (Å²) in [4.78, 5) is 10.5. The Hall–Kier alpha value is -3.08. The van der Waals surface area contributed by atoms with Gasteiger partial charge < -0.3 is 16.4 Å². The Morgan fingerprint density at radius 1 is 0.870 bits per heavy atom. The number of hydrogen-bond donors (Lipinski definition) is 2. The molecule has 4 rings (SSSR count). The standard InChI is InChI=1S/C18H17N5/c19-17-10-14(21-18(20)22-17)11-23-15-7-3-1-5-12(15)9-13-6-2-4-8-16(13)23/h1-8,10H,9,11H2,(H4,19,20,21,22). The first kappa shape index (κ1) is 13.6. The van der Waals surface area contributed by atoms with Gasteiger partial charge in [0.15, 0.2) is 0 Å². The maximum atomic E-state index is 5.80. The summed E-state index contributed by atoms with van der Waals surface area (Å²) < 4.78 is 0. The van der Waals surface area contributed by atoms with Crippen molar-refractivity contribution in [1.29, 1.82) is 0 Å². The van der Waals surface area contributed by atoms with E-state index in [0.29, 0.717) is 12.4 Å². The van der Waals surface area contributed by atoms with Crippen molar-refractivity contribution in [3.63, 3.8) is 0 Å². The van der Waals surface area contributed by atoms with Crippen LogP contribution in [0.25, 0.3) is 0 Å². The minimum atomic E-state index is 0.207. The molecule has 114 valence electrons. The lowest BCUT2D eigenvalue weighted by Gasteiger charge is -2.33. The third-order valence-corrected chi connectivity index (χ3v) is 4.08. The highest BCUT2D eigenvalue weighted by Crippen LogP contribution is 2.39. The molecule has 1 aliphatic rings. The molecule has 1 aromatic heterocycles. The van der Waals surface area contributed by atoms with Crippen molar-refractivity contribution in [2.75, 3.05) is 16.4 Å². The number of nitrogen functional groups attached to an aromatic ring is 2. The van der Waals surface area contributed by atoms with E-state index in [2.05, 4.69) is 63.4 Å². The van der Waals surface area contributed by atoms with E-state index >= 15 is 0 Å². The van der Waals surface area contributed by atoms with Crippen molar-refractivity contribution in [3.05, 3.63) is 71.4 Å². The third kappa shape index (κ3) is 2.46. The predicted molar refractivity (Wildman–Crippen MR) is 92.4 cm³/mol. The Morgan fingerprint density at radius 2 is 1.48 bits per heavy atom. The van der Waals surface area contributed by atoms with Gasteiger partial charge in [0.05, 0.1) is 12.2 Å². The van der Waals surface area contributed by atoms with Crippen molar-refractivity contribution in [3.8, 4) is 0 Å². The Labute approximate surface area is 134 Å². The number of fused-ring (bicyclic) bond motifs is 2. The summed E-state index contributed by atoms with van der Waals surface area (Å²) in [5.74, 6) is 0.602. The largest absolute Gasteiger partial charge is 0.384 e. The van der Waals surface area contributed by atoms with Crippen LogP contribution in [0.3, 0.4) is 0 Å². The molecule has 0 unspecified atom stereocenters. The number of rotatable bonds is 2. The van der Waals surface area contributed by atoms with Crippen molar-refractivity contribution in [2.24, 2.45) is 0 Å². The maximum Gasteiger partial charge on any atom is 0.222 e. The highest BCUT2D eigenvalue weighted by molar-refractivity contribution is 5.74. The van der Waals surface area contributed by atoms with Crippen molar-refractivity contribution >= 4 is 23.1 Å². The summed E-state index contributed by atoms with van der Waals surface area (Å²) in [6.45, 7) is 0.602. The number of benzene rings is 2. The summed E-state index contributed by atoms with van der Waals surface area (Å²) in [6, 6.07) is 18.7. The topological polar surface area (TPSA) is 81.1 Å². The zero-order valence-corrected chi connectivity index (χ0v) is 12.6. The lowest BCUT2D eigenvalue weighted by atomic mass is 9.95. The van der Waals surface area contributed by atoms with Gasteiger partial charge in [0.2, 0.25) is 5.95 Å². The van der Waals surface area contributed by atoms with E-state index in [4.69, 9.17) is 11.5 Å². The molecule has 0 saturated carbocycles. The van der Waals surface area contributed by atoms with Crippen LogP contribution in [0, 0.1) is 0 Å². The molecule has 23 heavy (non-hydrogen) atoms. The van der Waals surface area contributed by atoms with Crippen LogP contribution in [0.5, 0.6) is 0 Å². The fourth-order valence-electron chi connectivity index (χ4n) is 3.14. The van der Waals surface area contributed by atoms with E-state index in [1.165, 1.54) is 22.5 Å². The second-order valence-electron chi connectivity index (χ2n) is 5.66. The number of nitrogens with zero attached hydrogens (tertiary/aromatic N) is 3. The second kappa shape index (κ2) is 5.28. The van der Waals surface area contributed by atoms with Crippen LogP contribution >= 0.6 is 0 Å². The average molecular weight is 303 g/mol. The third-order valence-electron chi connectivity index (χ3n) is 4.08. The van der Waals surface area contributed by atoms with E-state index in [1.807, 2.05) is 0 Å². The summed E-state index contributed by atoms with van der Waals surface area (Å²) in [6.07, 6.45) is 0.941. The fraction of sp³-hybridized carbons (Fsp3) is 0.111. The molecule has 0 radical (unpaired) electrons. The summed E-state index contributed by atoms with van der Waals surface area (Å²) in [5.41, 5.74) is 17.4. The van der Waals surface area contributed by atoms with Gasteiger partial charge in [0, 0.05) is 23.9 Å². The van der Waals surface area contributed by atoms with Crippen LogP contribution in [0.4, 0.5) is 23.1 Å². The summed E-state index contributed by atoms with van der Waals surface area (Å²) in [7, 11) is 0. The molecule has 5 heteroatoms. The van der Waals surface area contributed by atoms with Crippen LogP contribution in [-0.4, -0.2) is 9.97 Å². The molecule has 0 bridgehead atoms. The molecule has 5 nitrogen and oxygen atoms in total. The van der Waals surface area contributed by atoms with Gasteiger partial charge >= 0.3 is 0 Å². The smallest absolute Gasteiger partial charge is 0.222 e. The zero-order valence-electron chi connectivity index (χ0n) is 12.6. The van der Waals surface area contributed by atoms with E-state index in [-0.39, 0.29) is 5.95 Å². The molecule has 1 aliphatic heterocycles. The molecule has 2 aromatic carbocycles. The molecular weight excluding hydrogens is 286 g/mol. The van der Waals surface area contributed by atoms with Gasteiger partial charge in [-0.1, -0.05) is 36.4 Å². The SMILES string of the molecule is Nc1cc(CN2c3ccccc3Cc3ccccc32)nc(N)n1. The van der Waals surface area contributed by atoms with Gasteiger partial charge in [-0.3, -0.25) is 0 Å². The first-order valence-corrected chi connectivity index (χ1v) is 7.53. The van der Waals surface area contributed by atoms with Gasteiger partial charge in [-0.05, 0) is 23.3 Å². The van der Waals surface area contributed by atoms with E-state index in [9.17, 15) is 0 Å². The molecule has 0 aliphatic carbocycles. The molecule has 0 saturated heterocycles. The van der Waals surface area contributed by atoms with Crippen LogP contribution in [0.2, 0.25) is 0 Å². The summed E-state index contributed by atoms with van der Waals surface area (Å²) in [5, 5.41) is 0. The monoisotopic (exact) mass is 303 g/mol. The molecule has 0 fully saturated rings. The summed E-state index contributed by atoms with van der Waals surface area (Å²) >= 11 is 0. The van der Waals surface area contributed by atoms with Crippen LogP contribution in [-0.2, 0) is 13.0 Å². The number of nitrogens with two attached hydrogens (primary N) is 2. The van der Waals surface area contributed by atoms with E-state index < -0.39 is 0 Å². The second-order valence-corrected chi connectivity index (χ2v) is 5.66. The van der Waals surface area contributed by atoms with Crippen LogP contribution in [0.1, 0.15) is 16.8 Å². The number of aromatic nitrogens is 2. The molecule has 0 spiro atoms. The first-order chi connectivity index (χ1) is 11.2. The Bertz CT molecular complexity index is 809. The van der Waals surface area contributed by atoms with Gasteiger partial charge in [-0.15, -0.1) is 0 Å². The minimum Gasteiger partial charge on any atom is -0.384 e. The zero-order chi connectivity index (χ0) is 15.8.